The zero-order chi connectivity index (χ0) is 21.8. The SMILES string of the molecule is CC(=O)S[C@@H]1C[C@@H](CN2C[C@H](C)NC2=O)N(C(=O)OCc2ccc([N+](=O)[O-])cc2)C1. The van der Waals surface area contributed by atoms with Crippen LogP contribution in [-0.4, -0.2) is 68.9 Å². The second-order valence-corrected chi connectivity index (χ2v) is 8.98. The van der Waals surface area contributed by atoms with Crippen molar-refractivity contribution in [3.05, 3.63) is 39.9 Å². The normalized spacial score (nSPS) is 23.4. The van der Waals surface area contributed by atoms with Gasteiger partial charge in [0.1, 0.15) is 6.61 Å². The van der Waals surface area contributed by atoms with Crippen molar-refractivity contribution in [1.29, 1.82) is 0 Å². The first kappa shape index (κ1) is 21.9. The number of urea groups is 1. The topological polar surface area (TPSA) is 122 Å². The van der Waals surface area contributed by atoms with Crippen LogP contribution in [-0.2, 0) is 16.1 Å². The summed E-state index contributed by atoms with van der Waals surface area (Å²) in [6.45, 7) is 4.68. The van der Waals surface area contributed by atoms with Gasteiger partial charge in [-0.15, -0.1) is 0 Å². The number of rotatable bonds is 6. The van der Waals surface area contributed by atoms with Gasteiger partial charge in [0.15, 0.2) is 5.12 Å². The van der Waals surface area contributed by atoms with Gasteiger partial charge in [-0.05, 0) is 31.0 Å². The number of ether oxygens (including phenoxy) is 1. The van der Waals surface area contributed by atoms with E-state index in [2.05, 4.69) is 5.32 Å². The van der Waals surface area contributed by atoms with Crippen LogP contribution in [0.1, 0.15) is 25.8 Å². The molecule has 0 spiro atoms. The molecule has 1 aromatic carbocycles. The summed E-state index contributed by atoms with van der Waals surface area (Å²) < 4.78 is 5.41. The third kappa shape index (κ3) is 5.41. The number of amides is 3. The Labute approximate surface area is 178 Å². The first-order valence-electron chi connectivity index (χ1n) is 9.62. The predicted octanol–water partition coefficient (Wildman–Crippen LogP) is 2.37. The van der Waals surface area contributed by atoms with Crippen molar-refractivity contribution in [2.24, 2.45) is 0 Å². The molecule has 0 bridgehead atoms. The zero-order valence-corrected chi connectivity index (χ0v) is 17.6. The lowest BCUT2D eigenvalue weighted by Crippen LogP contribution is -2.44. The van der Waals surface area contributed by atoms with E-state index in [1.807, 2.05) is 6.92 Å². The van der Waals surface area contributed by atoms with Crippen molar-refractivity contribution in [3.63, 3.8) is 0 Å². The highest BCUT2D eigenvalue weighted by atomic mass is 32.2. The van der Waals surface area contributed by atoms with E-state index >= 15 is 0 Å². The average molecular weight is 436 g/mol. The van der Waals surface area contributed by atoms with Gasteiger partial charge in [0, 0.05) is 50.0 Å². The van der Waals surface area contributed by atoms with E-state index in [-0.39, 0.29) is 40.8 Å². The summed E-state index contributed by atoms with van der Waals surface area (Å²) in [6.07, 6.45) is 0.0624. The molecule has 3 atom stereocenters. The summed E-state index contributed by atoms with van der Waals surface area (Å²) in [5.74, 6) is 0. The standard InChI is InChI=1S/C19H24N4O6S/c1-12-8-21(18(25)20-12)9-16-7-17(30-13(2)24)10-22(16)19(26)29-11-14-3-5-15(6-4-14)23(27)28/h3-6,12,16-17H,7-11H2,1-2H3,(H,20,25)/t12-,16-,17+/m0/s1. The number of nitro groups is 1. The fraction of sp³-hybridized carbons (Fsp3) is 0.526. The number of hydrogen-bond acceptors (Lipinski definition) is 7. The minimum atomic E-state index is -0.530. The average Bonchev–Trinajstić information content (AvgIpc) is 3.21. The van der Waals surface area contributed by atoms with Crippen LogP contribution in [0.25, 0.3) is 0 Å². The molecule has 0 aromatic heterocycles. The van der Waals surface area contributed by atoms with Crippen LogP contribution in [0.2, 0.25) is 0 Å². The van der Waals surface area contributed by atoms with Crippen LogP contribution in [0.4, 0.5) is 15.3 Å². The van der Waals surface area contributed by atoms with Crippen LogP contribution in [0, 0.1) is 10.1 Å². The third-order valence-corrected chi connectivity index (χ3v) is 6.04. The van der Waals surface area contributed by atoms with Gasteiger partial charge in [0.05, 0.1) is 11.0 Å². The molecule has 2 heterocycles. The minimum Gasteiger partial charge on any atom is -0.445 e. The number of benzene rings is 1. The highest BCUT2D eigenvalue weighted by Gasteiger charge is 2.40. The number of non-ortho nitro benzene ring substituents is 1. The number of thioether (sulfide) groups is 1. The van der Waals surface area contributed by atoms with Crippen LogP contribution in [0.5, 0.6) is 0 Å². The Morgan fingerprint density at radius 2 is 2.00 bits per heavy atom. The molecule has 162 valence electrons. The molecular formula is C19H24N4O6S. The second-order valence-electron chi connectivity index (χ2n) is 7.51. The highest BCUT2D eigenvalue weighted by Crippen LogP contribution is 2.30. The molecule has 3 rings (SSSR count). The molecule has 10 nitrogen and oxygen atoms in total. The van der Waals surface area contributed by atoms with Gasteiger partial charge >= 0.3 is 12.1 Å². The van der Waals surface area contributed by atoms with Gasteiger partial charge in [-0.2, -0.15) is 0 Å². The van der Waals surface area contributed by atoms with E-state index in [9.17, 15) is 24.5 Å². The Morgan fingerprint density at radius 1 is 1.30 bits per heavy atom. The fourth-order valence-electron chi connectivity index (χ4n) is 3.71. The van der Waals surface area contributed by atoms with Crippen molar-refractivity contribution < 1.29 is 24.0 Å². The summed E-state index contributed by atoms with van der Waals surface area (Å²) >= 11 is 1.19. The molecule has 0 unspecified atom stereocenters. The number of likely N-dealkylation sites (tertiary alicyclic amines) is 1. The smallest absolute Gasteiger partial charge is 0.410 e. The summed E-state index contributed by atoms with van der Waals surface area (Å²) in [5, 5.41) is 13.5. The van der Waals surface area contributed by atoms with Gasteiger partial charge in [-0.3, -0.25) is 14.9 Å². The van der Waals surface area contributed by atoms with E-state index in [0.29, 0.717) is 31.6 Å². The third-order valence-electron chi connectivity index (χ3n) is 5.04. The molecule has 1 N–H and O–H groups in total. The molecule has 3 amide bonds. The maximum absolute atomic E-state index is 12.7. The summed E-state index contributed by atoms with van der Waals surface area (Å²) in [4.78, 5) is 49.8. The van der Waals surface area contributed by atoms with E-state index in [1.54, 1.807) is 9.80 Å². The Balaban J connectivity index is 1.63. The number of nitrogens with zero attached hydrogens (tertiary/aromatic N) is 3. The molecular weight excluding hydrogens is 412 g/mol. The molecule has 1 aromatic rings. The number of carbonyl (C=O) groups is 3. The Morgan fingerprint density at radius 3 is 2.57 bits per heavy atom. The minimum absolute atomic E-state index is 0.0209. The number of hydrogen-bond donors (Lipinski definition) is 1. The molecule has 0 saturated carbocycles. The molecule has 0 radical (unpaired) electrons. The maximum atomic E-state index is 12.7. The number of nitrogens with one attached hydrogen (secondary N) is 1. The fourth-order valence-corrected chi connectivity index (χ4v) is 4.73. The monoisotopic (exact) mass is 436 g/mol. The quantitative estimate of drug-likeness (QED) is 0.536. The summed E-state index contributed by atoms with van der Waals surface area (Å²) in [5.41, 5.74) is 0.596. The molecule has 2 aliphatic heterocycles. The molecule has 2 aliphatic rings. The van der Waals surface area contributed by atoms with Crippen LogP contribution in [0.15, 0.2) is 24.3 Å². The van der Waals surface area contributed by atoms with Gasteiger partial charge in [-0.1, -0.05) is 11.8 Å². The number of nitro benzene ring substituents is 1. The second kappa shape index (κ2) is 9.33. The molecule has 2 fully saturated rings. The Hall–Kier alpha value is -2.82. The van der Waals surface area contributed by atoms with E-state index in [1.165, 1.54) is 43.0 Å². The lowest BCUT2D eigenvalue weighted by Gasteiger charge is -2.27. The highest BCUT2D eigenvalue weighted by molar-refractivity contribution is 8.14. The van der Waals surface area contributed by atoms with Crippen LogP contribution >= 0.6 is 11.8 Å². The number of carbonyl (C=O) groups excluding carboxylic acids is 3. The molecule has 30 heavy (non-hydrogen) atoms. The van der Waals surface area contributed by atoms with E-state index in [0.717, 1.165) is 0 Å². The van der Waals surface area contributed by atoms with Crippen LogP contribution < -0.4 is 5.32 Å². The van der Waals surface area contributed by atoms with E-state index in [4.69, 9.17) is 4.74 Å². The Bertz CT molecular complexity index is 833. The van der Waals surface area contributed by atoms with E-state index < -0.39 is 11.0 Å². The van der Waals surface area contributed by atoms with Crippen LogP contribution in [0.3, 0.4) is 0 Å². The lowest BCUT2D eigenvalue weighted by atomic mass is 10.2. The first-order chi connectivity index (χ1) is 14.2. The van der Waals surface area contributed by atoms with Crippen molar-refractivity contribution in [2.45, 2.75) is 44.2 Å². The lowest BCUT2D eigenvalue weighted by molar-refractivity contribution is -0.384. The summed E-state index contributed by atoms with van der Waals surface area (Å²) in [6, 6.07) is 5.42. The van der Waals surface area contributed by atoms with Gasteiger partial charge in [-0.25, -0.2) is 9.59 Å². The Kier molecular flexibility index (Phi) is 6.80. The first-order valence-corrected chi connectivity index (χ1v) is 10.5. The van der Waals surface area contributed by atoms with Crippen molar-refractivity contribution >= 4 is 34.7 Å². The molecule has 0 aliphatic carbocycles. The largest absolute Gasteiger partial charge is 0.445 e. The summed E-state index contributed by atoms with van der Waals surface area (Å²) in [7, 11) is 0. The van der Waals surface area contributed by atoms with Crippen molar-refractivity contribution in [3.8, 4) is 0 Å². The van der Waals surface area contributed by atoms with Gasteiger partial charge < -0.3 is 19.9 Å². The predicted molar refractivity (Wildman–Crippen MR) is 110 cm³/mol. The zero-order valence-electron chi connectivity index (χ0n) is 16.8. The maximum Gasteiger partial charge on any atom is 0.410 e. The van der Waals surface area contributed by atoms with Gasteiger partial charge in [0.2, 0.25) is 0 Å². The van der Waals surface area contributed by atoms with Gasteiger partial charge in [0.25, 0.3) is 5.69 Å². The molecule has 11 heteroatoms. The molecule has 2 saturated heterocycles. The van der Waals surface area contributed by atoms with Crippen molar-refractivity contribution in [1.82, 2.24) is 15.1 Å². The van der Waals surface area contributed by atoms with Crippen molar-refractivity contribution in [2.75, 3.05) is 19.6 Å².